The van der Waals surface area contributed by atoms with E-state index >= 15 is 0 Å². The van der Waals surface area contributed by atoms with Crippen molar-refractivity contribution in [1.82, 2.24) is 5.32 Å². The third kappa shape index (κ3) is 9.06. The van der Waals surface area contributed by atoms with Crippen molar-refractivity contribution >= 4 is 52.9 Å². The zero-order chi connectivity index (χ0) is 33.2. The molecule has 0 radical (unpaired) electrons. The van der Waals surface area contributed by atoms with E-state index in [1.165, 1.54) is 23.9 Å². The third-order valence-corrected chi connectivity index (χ3v) is 8.29. The molecule has 0 saturated heterocycles. The number of benzene rings is 5. The molecule has 0 saturated carbocycles. The summed E-state index contributed by atoms with van der Waals surface area (Å²) < 4.78 is 0. The molecule has 0 bridgehead atoms. The fourth-order valence-corrected chi connectivity index (χ4v) is 5.55. The van der Waals surface area contributed by atoms with Gasteiger partial charge >= 0.3 is 5.97 Å². The lowest BCUT2D eigenvalue weighted by Gasteiger charge is -2.18. The highest BCUT2D eigenvalue weighted by atomic mass is 32.2. The molecule has 47 heavy (non-hydrogen) atoms. The van der Waals surface area contributed by atoms with Crippen LogP contribution in [0.5, 0.6) is 0 Å². The number of carboxylic acids is 1. The Labute approximate surface area is 276 Å². The van der Waals surface area contributed by atoms with Crippen LogP contribution in [-0.2, 0) is 9.59 Å². The second-order valence-electron chi connectivity index (χ2n) is 10.5. The van der Waals surface area contributed by atoms with Crippen LogP contribution in [-0.4, -0.2) is 28.8 Å². The number of amides is 3. The predicted molar refractivity (Wildman–Crippen MR) is 185 cm³/mol. The molecule has 234 valence electrons. The normalized spacial score (nSPS) is 11.6. The van der Waals surface area contributed by atoms with Crippen molar-refractivity contribution in [3.8, 4) is 0 Å². The summed E-state index contributed by atoms with van der Waals surface area (Å²) in [7, 11) is 0. The summed E-state index contributed by atoms with van der Waals surface area (Å²) in [5.74, 6) is -2.22. The second-order valence-corrected chi connectivity index (χ2v) is 11.7. The highest BCUT2D eigenvalue weighted by Gasteiger charge is 2.23. The molecule has 4 N–H and O–H groups in total. The van der Waals surface area contributed by atoms with E-state index in [2.05, 4.69) is 16.0 Å². The van der Waals surface area contributed by atoms with E-state index in [1.54, 1.807) is 66.7 Å². The zero-order valence-electron chi connectivity index (χ0n) is 25.3. The Bertz CT molecular complexity index is 1890. The first-order chi connectivity index (χ1) is 22.7. The number of aryl methyl sites for hydroxylation is 1. The van der Waals surface area contributed by atoms with Crippen LogP contribution in [0, 0.1) is 6.92 Å². The van der Waals surface area contributed by atoms with Crippen molar-refractivity contribution in [3.63, 3.8) is 0 Å². The summed E-state index contributed by atoms with van der Waals surface area (Å²) in [6.45, 7) is 1.97. The maximum atomic E-state index is 13.4. The van der Waals surface area contributed by atoms with Crippen LogP contribution in [0.3, 0.4) is 0 Å². The van der Waals surface area contributed by atoms with Crippen LogP contribution in [0.25, 0.3) is 6.08 Å². The molecule has 3 amide bonds. The zero-order valence-corrected chi connectivity index (χ0v) is 26.2. The number of carbonyl (C=O) groups excluding carboxylic acids is 3. The number of aromatic carboxylic acids is 1. The van der Waals surface area contributed by atoms with E-state index in [4.69, 9.17) is 5.11 Å². The molecule has 5 aromatic carbocycles. The molecule has 9 heteroatoms. The first-order valence-corrected chi connectivity index (χ1v) is 15.5. The summed E-state index contributed by atoms with van der Waals surface area (Å²) in [6, 6.07) is 38.6. The number of nitrogens with one attached hydrogen (secondary N) is 3. The average Bonchev–Trinajstić information content (AvgIpc) is 3.09. The quantitative estimate of drug-likeness (QED) is 0.0871. The second kappa shape index (κ2) is 15.4. The van der Waals surface area contributed by atoms with Gasteiger partial charge in [0.15, 0.2) is 0 Å². The summed E-state index contributed by atoms with van der Waals surface area (Å²) in [4.78, 5) is 51.8. The summed E-state index contributed by atoms with van der Waals surface area (Å²) in [5, 5.41) is 17.0. The molecule has 1 unspecified atom stereocenters. The van der Waals surface area contributed by atoms with Crippen LogP contribution in [0.2, 0.25) is 0 Å². The lowest BCUT2D eigenvalue weighted by molar-refractivity contribution is -0.116. The van der Waals surface area contributed by atoms with Crippen molar-refractivity contribution in [2.45, 2.75) is 17.1 Å². The van der Waals surface area contributed by atoms with E-state index in [9.17, 15) is 19.2 Å². The number of carboxylic acid groups (broad SMARTS) is 1. The monoisotopic (exact) mass is 641 g/mol. The Kier molecular flexibility index (Phi) is 10.6. The molecule has 0 spiro atoms. The van der Waals surface area contributed by atoms with Crippen molar-refractivity contribution in [3.05, 3.63) is 167 Å². The molecule has 0 fully saturated rings. The van der Waals surface area contributed by atoms with Crippen molar-refractivity contribution in [2.75, 3.05) is 10.6 Å². The summed E-state index contributed by atoms with van der Waals surface area (Å²) in [5.41, 5.74) is 4.22. The standard InChI is InChI=1S/C38H31N3O5S/c1-25-12-14-26(15-13-25)24-33(41-35(42)28-10-6-3-7-11-28)36(43)39-31-20-22-32(23-21-31)47-34(27-8-4-2-5-9-27)37(44)40-30-18-16-29(17-19-30)38(45)46/h2-24,34H,1H3,(H,39,43)(H,40,44)(H,41,42)(H,45,46)/b33-24-. The molecule has 0 aliphatic heterocycles. The average molecular weight is 642 g/mol. The first kappa shape index (κ1) is 32.5. The molecule has 5 rings (SSSR count). The molecule has 0 aliphatic carbocycles. The number of thioether (sulfide) groups is 1. The van der Waals surface area contributed by atoms with Crippen LogP contribution in [0.1, 0.15) is 42.7 Å². The summed E-state index contributed by atoms with van der Waals surface area (Å²) >= 11 is 1.33. The molecule has 0 aromatic heterocycles. The minimum Gasteiger partial charge on any atom is -0.478 e. The van der Waals surface area contributed by atoms with Crippen molar-refractivity contribution < 1.29 is 24.3 Å². The van der Waals surface area contributed by atoms with Gasteiger partial charge in [-0.15, -0.1) is 11.8 Å². The van der Waals surface area contributed by atoms with E-state index in [1.807, 2.05) is 67.6 Å². The highest BCUT2D eigenvalue weighted by molar-refractivity contribution is 8.00. The Morgan fingerprint density at radius 3 is 1.85 bits per heavy atom. The van der Waals surface area contributed by atoms with Gasteiger partial charge in [-0.3, -0.25) is 14.4 Å². The number of rotatable bonds is 11. The van der Waals surface area contributed by atoms with Gasteiger partial charge in [0.05, 0.1) is 5.56 Å². The topological polar surface area (TPSA) is 125 Å². The molecule has 5 aromatic rings. The van der Waals surface area contributed by atoms with Crippen LogP contribution in [0.15, 0.2) is 144 Å². The Hall–Kier alpha value is -5.93. The highest BCUT2D eigenvalue weighted by Crippen LogP contribution is 2.36. The molecule has 1 atom stereocenters. The fourth-order valence-electron chi connectivity index (χ4n) is 4.53. The van der Waals surface area contributed by atoms with Crippen molar-refractivity contribution in [2.24, 2.45) is 0 Å². The van der Waals surface area contributed by atoms with E-state index in [-0.39, 0.29) is 17.2 Å². The molecular weight excluding hydrogens is 611 g/mol. The molecular formula is C38H31N3O5S. The molecule has 8 nitrogen and oxygen atoms in total. The molecule has 0 heterocycles. The van der Waals surface area contributed by atoms with Crippen LogP contribution >= 0.6 is 11.8 Å². The maximum absolute atomic E-state index is 13.4. The fraction of sp³-hybridized carbons (Fsp3) is 0.0526. The number of carbonyl (C=O) groups is 4. The van der Waals surface area contributed by atoms with Crippen LogP contribution < -0.4 is 16.0 Å². The Balaban J connectivity index is 1.31. The summed E-state index contributed by atoms with van der Waals surface area (Å²) in [6.07, 6.45) is 1.62. The van der Waals surface area contributed by atoms with Gasteiger partial charge in [-0.1, -0.05) is 78.4 Å². The van der Waals surface area contributed by atoms with E-state index < -0.39 is 23.0 Å². The van der Waals surface area contributed by atoms with Gasteiger partial charge in [0, 0.05) is 21.8 Å². The lowest BCUT2D eigenvalue weighted by Crippen LogP contribution is -2.30. The SMILES string of the molecule is Cc1ccc(/C=C(\NC(=O)c2ccccc2)C(=O)Nc2ccc(SC(C(=O)Nc3ccc(C(=O)O)cc3)c3ccccc3)cc2)cc1. The van der Waals surface area contributed by atoms with E-state index in [0.29, 0.717) is 16.9 Å². The Morgan fingerprint density at radius 2 is 1.23 bits per heavy atom. The van der Waals surface area contributed by atoms with Gasteiger partial charge in [-0.25, -0.2) is 4.79 Å². The largest absolute Gasteiger partial charge is 0.478 e. The van der Waals surface area contributed by atoms with Gasteiger partial charge < -0.3 is 21.1 Å². The minimum absolute atomic E-state index is 0.0818. The van der Waals surface area contributed by atoms with Gasteiger partial charge in [0.2, 0.25) is 5.91 Å². The number of anilines is 2. The number of hydrogen-bond donors (Lipinski definition) is 4. The lowest BCUT2D eigenvalue weighted by atomic mass is 10.1. The third-order valence-electron chi connectivity index (χ3n) is 7.02. The maximum Gasteiger partial charge on any atom is 0.335 e. The number of hydrogen-bond acceptors (Lipinski definition) is 5. The smallest absolute Gasteiger partial charge is 0.335 e. The Morgan fingerprint density at radius 1 is 0.660 bits per heavy atom. The van der Waals surface area contributed by atoms with Gasteiger partial charge in [0.1, 0.15) is 10.9 Å². The molecule has 0 aliphatic rings. The van der Waals surface area contributed by atoms with Gasteiger partial charge in [0.25, 0.3) is 11.8 Å². The van der Waals surface area contributed by atoms with Crippen LogP contribution in [0.4, 0.5) is 11.4 Å². The van der Waals surface area contributed by atoms with Gasteiger partial charge in [-0.2, -0.15) is 0 Å². The predicted octanol–water partition coefficient (Wildman–Crippen LogP) is 7.57. The first-order valence-electron chi connectivity index (χ1n) is 14.7. The van der Waals surface area contributed by atoms with Crippen molar-refractivity contribution in [1.29, 1.82) is 0 Å². The minimum atomic E-state index is -1.05. The van der Waals surface area contributed by atoms with E-state index in [0.717, 1.165) is 21.6 Å². The van der Waals surface area contributed by atoms with Gasteiger partial charge in [-0.05, 0) is 84.8 Å².